The molecule has 0 spiro atoms. The molecule has 2 nitrogen and oxygen atoms in total. The van der Waals surface area contributed by atoms with Gasteiger partial charge in [-0.25, -0.2) is 0 Å². The van der Waals surface area contributed by atoms with Crippen molar-refractivity contribution in [2.75, 3.05) is 18.0 Å². The number of nitrogens with zero attached hydrogens (tertiary/aromatic N) is 1. The van der Waals surface area contributed by atoms with E-state index in [-0.39, 0.29) is 31.1 Å². The minimum atomic E-state index is 0. The number of hydrogen-bond acceptors (Lipinski definition) is 2. The molecule has 1 aromatic carbocycles. The topological polar surface area (TPSA) is 20.3 Å². The molecule has 0 saturated carbocycles. The number of anilines is 1. The van der Waals surface area contributed by atoms with Crippen LogP contribution < -0.4 is 4.90 Å². The summed E-state index contributed by atoms with van der Waals surface area (Å²) in [6.45, 7) is 5.57. The normalized spacial score (nSPS) is 14.5. The fraction of sp³-hybridized carbons (Fsp3) is 0.333. The summed E-state index contributed by atoms with van der Waals surface area (Å²) in [5.41, 5.74) is 1.36. The average molecular weight is 427 g/mol. The van der Waals surface area contributed by atoms with Gasteiger partial charge in [0.2, 0.25) is 0 Å². The van der Waals surface area contributed by atoms with Crippen molar-refractivity contribution in [1.29, 1.82) is 0 Å². The van der Waals surface area contributed by atoms with Gasteiger partial charge >= 0.3 is 31.1 Å². The van der Waals surface area contributed by atoms with E-state index in [2.05, 4.69) is 48.4 Å². The average Bonchev–Trinajstić information content (AvgIpc) is 2.34. The van der Waals surface area contributed by atoms with Crippen molar-refractivity contribution in [2.24, 2.45) is 0 Å². The summed E-state index contributed by atoms with van der Waals surface area (Å²) in [6.07, 6.45) is 4.94. The molecule has 0 aromatic heterocycles. The SMILES string of the molecule is [CH-]=O.[U+2].c1ccc(N2C[CH-]CCC2)cc1. The van der Waals surface area contributed by atoms with Crippen molar-refractivity contribution in [3.63, 3.8) is 0 Å². The van der Waals surface area contributed by atoms with Gasteiger partial charge in [0.1, 0.15) is 0 Å². The standard InChI is InChI=1S/C11H14N.CHO.U/c1-3-7-11(8-4-1)12-9-5-2-6-10-12;1-2;/h1,3-5,7-8H,2,6,9-10H2;1H;/q2*-1;+2. The Morgan fingerprint density at radius 2 is 1.87 bits per heavy atom. The van der Waals surface area contributed by atoms with E-state index in [0.717, 1.165) is 6.54 Å². The van der Waals surface area contributed by atoms with Crippen molar-refractivity contribution in [3.8, 4) is 0 Å². The van der Waals surface area contributed by atoms with Gasteiger partial charge in [0.15, 0.2) is 0 Å². The van der Waals surface area contributed by atoms with E-state index in [1.54, 1.807) is 0 Å². The molecule has 15 heavy (non-hydrogen) atoms. The first-order chi connectivity index (χ1) is 6.97. The Hall–Kier alpha value is -0.258. The molecule has 3 heteroatoms. The molecule has 78 valence electrons. The molecule has 0 bridgehead atoms. The molecule has 1 fully saturated rings. The van der Waals surface area contributed by atoms with Crippen LogP contribution in [0.25, 0.3) is 0 Å². The molecule has 1 aromatic rings. The predicted molar refractivity (Wildman–Crippen MR) is 58.9 cm³/mol. The van der Waals surface area contributed by atoms with Crippen LogP contribution in [0, 0.1) is 37.5 Å². The van der Waals surface area contributed by atoms with Crippen LogP contribution in [0.5, 0.6) is 0 Å². The second kappa shape index (κ2) is 9.00. The zero-order valence-electron chi connectivity index (χ0n) is 8.73. The Morgan fingerprint density at radius 3 is 2.40 bits per heavy atom. The van der Waals surface area contributed by atoms with Crippen molar-refractivity contribution in [1.82, 2.24) is 0 Å². The predicted octanol–water partition coefficient (Wildman–Crippen LogP) is 2.22. The first kappa shape index (κ1) is 14.7. The van der Waals surface area contributed by atoms with Gasteiger partial charge in [-0.1, -0.05) is 24.6 Å². The quantitative estimate of drug-likeness (QED) is 0.506. The van der Waals surface area contributed by atoms with Gasteiger partial charge in [0, 0.05) is 12.2 Å². The number of para-hydroxylation sites is 1. The summed E-state index contributed by atoms with van der Waals surface area (Å²) in [6, 6.07) is 10.6. The van der Waals surface area contributed by atoms with E-state index >= 15 is 0 Å². The van der Waals surface area contributed by atoms with E-state index in [9.17, 15) is 0 Å². The molecule has 0 aliphatic carbocycles. The number of rotatable bonds is 1. The third-order valence-electron chi connectivity index (χ3n) is 2.31. The van der Waals surface area contributed by atoms with E-state index < -0.39 is 0 Å². The molecule has 1 heterocycles. The van der Waals surface area contributed by atoms with Crippen LogP contribution in [-0.2, 0) is 4.79 Å². The Labute approximate surface area is 115 Å². The van der Waals surface area contributed by atoms with Crippen LogP contribution in [0.2, 0.25) is 0 Å². The molecule has 0 radical (unpaired) electrons. The first-order valence-electron chi connectivity index (χ1n) is 4.82. The van der Waals surface area contributed by atoms with Gasteiger partial charge in [0.25, 0.3) is 0 Å². The molecule has 1 saturated heterocycles. The molecule has 0 unspecified atom stereocenters. The van der Waals surface area contributed by atoms with Crippen LogP contribution in [0.15, 0.2) is 30.3 Å². The van der Waals surface area contributed by atoms with Gasteiger partial charge in [-0.15, -0.1) is 6.54 Å². The van der Waals surface area contributed by atoms with E-state index in [1.165, 1.54) is 25.1 Å². The smallest absolute Gasteiger partial charge is 0.545 e. The molecule has 2 rings (SSSR count). The Kier molecular flexibility index (Phi) is 8.85. The zero-order valence-corrected chi connectivity index (χ0v) is 12.9. The maximum atomic E-state index is 7.75. The van der Waals surface area contributed by atoms with E-state index in [4.69, 9.17) is 4.79 Å². The molecular weight excluding hydrogens is 412 g/mol. The van der Waals surface area contributed by atoms with Crippen LogP contribution in [0.1, 0.15) is 12.8 Å². The number of benzene rings is 1. The first-order valence-corrected chi connectivity index (χ1v) is 4.82. The summed E-state index contributed by atoms with van der Waals surface area (Å²) < 4.78 is 0. The van der Waals surface area contributed by atoms with Crippen molar-refractivity contribution >= 4 is 12.5 Å². The van der Waals surface area contributed by atoms with Crippen molar-refractivity contribution in [2.45, 2.75) is 12.8 Å². The number of carbonyl (C=O) groups excluding carboxylic acids is 1. The number of hydrogen-bond donors (Lipinski definition) is 0. The van der Waals surface area contributed by atoms with Crippen LogP contribution >= 0.6 is 0 Å². The second-order valence-corrected chi connectivity index (χ2v) is 3.21. The van der Waals surface area contributed by atoms with Gasteiger partial charge < -0.3 is 16.1 Å². The molecule has 0 atom stereocenters. The monoisotopic (exact) mass is 427 g/mol. The summed E-state index contributed by atoms with van der Waals surface area (Å²) in [5.74, 6) is 0. The number of piperidine rings is 1. The Morgan fingerprint density at radius 1 is 1.20 bits per heavy atom. The van der Waals surface area contributed by atoms with Crippen LogP contribution in [0.4, 0.5) is 5.69 Å². The summed E-state index contributed by atoms with van der Waals surface area (Å²) in [5, 5.41) is 0. The van der Waals surface area contributed by atoms with Gasteiger partial charge in [-0.2, -0.15) is 6.42 Å². The molecular formula is C12H15NOU. The minimum Gasteiger partial charge on any atom is -0.545 e. The molecule has 0 N–H and O–H groups in total. The third kappa shape index (κ3) is 4.86. The fourth-order valence-electron chi connectivity index (χ4n) is 1.64. The van der Waals surface area contributed by atoms with E-state index in [1.807, 2.05) is 0 Å². The minimum absolute atomic E-state index is 0. The molecule has 1 aliphatic rings. The van der Waals surface area contributed by atoms with Gasteiger partial charge in [-0.05, 0) is 12.1 Å². The zero-order chi connectivity index (χ0) is 10.2. The van der Waals surface area contributed by atoms with Crippen LogP contribution in [-0.4, -0.2) is 19.9 Å². The van der Waals surface area contributed by atoms with Gasteiger partial charge in [0.05, 0.1) is 0 Å². The second-order valence-electron chi connectivity index (χ2n) is 3.21. The maximum Gasteiger partial charge on any atom is 2.00 e. The maximum absolute atomic E-state index is 7.75. The fourth-order valence-corrected chi connectivity index (χ4v) is 1.64. The molecule has 1 aliphatic heterocycles. The van der Waals surface area contributed by atoms with Crippen LogP contribution in [0.3, 0.4) is 0 Å². The van der Waals surface area contributed by atoms with Gasteiger partial charge in [-0.3, -0.25) is 6.79 Å². The van der Waals surface area contributed by atoms with Crippen molar-refractivity contribution < 1.29 is 35.9 Å². The third-order valence-corrected chi connectivity index (χ3v) is 2.31. The summed E-state index contributed by atoms with van der Waals surface area (Å²) >= 11 is 0. The Balaban J connectivity index is 0.000000617. The summed E-state index contributed by atoms with van der Waals surface area (Å²) in [4.78, 5) is 10.2. The summed E-state index contributed by atoms with van der Waals surface area (Å²) in [7, 11) is 0. The largest absolute Gasteiger partial charge is 2.00 e. The Bertz CT molecular complexity index is 247. The van der Waals surface area contributed by atoms with E-state index in [0.29, 0.717) is 0 Å². The van der Waals surface area contributed by atoms with Crippen molar-refractivity contribution in [3.05, 3.63) is 36.8 Å². The molecule has 0 amide bonds.